The van der Waals surface area contributed by atoms with Gasteiger partial charge in [0.15, 0.2) is 17.0 Å². The number of fused-ring (bicyclic) bond motifs is 1. The SMILES string of the molecule is COCC1CCC(n2cnc3c(NCC(c4ccccc4)c4ccccc4)nc(CNCc4ccc(C#N)cc4)nc32)O1. The van der Waals surface area contributed by atoms with Gasteiger partial charge in [-0.1, -0.05) is 72.8 Å². The molecule has 3 heterocycles. The van der Waals surface area contributed by atoms with Crippen molar-refractivity contribution >= 4 is 17.0 Å². The molecule has 43 heavy (non-hydrogen) atoms. The molecule has 1 aliphatic heterocycles. The van der Waals surface area contributed by atoms with Crippen LogP contribution < -0.4 is 10.6 Å². The Balaban J connectivity index is 1.28. The second kappa shape index (κ2) is 13.6. The van der Waals surface area contributed by atoms with Crippen molar-refractivity contribution in [3.05, 3.63) is 119 Å². The normalized spacial score (nSPS) is 16.5. The monoisotopic (exact) mass is 573 g/mol. The van der Waals surface area contributed by atoms with Crippen molar-refractivity contribution in [3.8, 4) is 6.07 Å². The van der Waals surface area contributed by atoms with Crippen LogP contribution in [0.3, 0.4) is 0 Å². The number of imidazole rings is 1. The summed E-state index contributed by atoms with van der Waals surface area (Å²) >= 11 is 0. The Morgan fingerprint density at radius 3 is 2.35 bits per heavy atom. The summed E-state index contributed by atoms with van der Waals surface area (Å²) in [4.78, 5) is 14.6. The van der Waals surface area contributed by atoms with Crippen LogP contribution in [0.1, 0.15) is 53.1 Å². The fourth-order valence-corrected chi connectivity index (χ4v) is 5.59. The van der Waals surface area contributed by atoms with Crippen molar-refractivity contribution in [1.82, 2.24) is 24.8 Å². The highest BCUT2D eigenvalue weighted by Crippen LogP contribution is 2.32. The van der Waals surface area contributed by atoms with Crippen LogP contribution in [0.5, 0.6) is 0 Å². The summed E-state index contributed by atoms with van der Waals surface area (Å²) in [5.74, 6) is 1.48. The number of anilines is 1. The van der Waals surface area contributed by atoms with Gasteiger partial charge in [-0.15, -0.1) is 0 Å². The molecule has 6 rings (SSSR count). The van der Waals surface area contributed by atoms with Crippen LogP contribution in [0.25, 0.3) is 11.2 Å². The lowest BCUT2D eigenvalue weighted by Crippen LogP contribution is -2.19. The van der Waals surface area contributed by atoms with Gasteiger partial charge in [0.1, 0.15) is 12.1 Å². The number of methoxy groups -OCH3 is 1. The van der Waals surface area contributed by atoms with E-state index < -0.39 is 0 Å². The van der Waals surface area contributed by atoms with Gasteiger partial charge in [-0.05, 0) is 41.7 Å². The summed E-state index contributed by atoms with van der Waals surface area (Å²) in [5, 5.41) is 16.2. The van der Waals surface area contributed by atoms with Gasteiger partial charge in [-0.2, -0.15) is 5.26 Å². The van der Waals surface area contributed by atoms with Crippen LogP contribution in [-0.2, 0) is 22.6 Å². The third-order valence-electron chi connectivity index (χ3n) is 7.79. The van der Waals surface area contributed by atoms with Crippen molar-refractivity contribution in [2.75, 3.05) is 25.6 Å². The Hall–Kier alpha value is -4.62. The van der Waals surface area contributed by atoms with E-state index in [-0.39, 0.29) is 18.2 Å². The second-order valence-corrected chi connectivity index (χ2v) is 10.7. The summed E-state index contributed by atoms with van der Waals surface area (Å²) in [6, 6.07) is 30.8. The van der Waals surface area contributed by atoms with E-state index in [1.54, 1.807) is 7.11 Å². The summed E-state index contributed by atoms with van der Waals surface area (Å²) in [6.45, 7) is 2.30. The molecule has 218 valence electrons. The van der Waals surface area contributed by atoms with Crippen LogP contribution in [0.4, 0.5) is 5.82 Å². The van der Waals surface area contributed by atoms with Crippen LogP contribution in [-0.4, -0.2) is 45.9 Å². The number of benzene rings is 3. The summed E-state index contributed by atoms with van der Waals surface area (Å²) < 4.78 is 13.6. The van der Waals surface area contributed by atoms with E-state index in [9.17, 15) is 0 Å². The van der Waals surface area contributed by atoms with Crippen molar-refractivity contribution in [2.24, 2.45) is 0 Å². The Kier molecular flexibility index (Phi) is 8.99. The molecule has 0 spiro atoms. The zero-order chi connectivity index (χ0) is 29.4. The molecular formula is C34H35N7O2. The van der Waals surface area contributed by atoms with Gasteiger partial charge >= 0.3 is 0 Å². The van der Waals surface area contributed by atoms with E-state index in [2.05, 4.69) is 65.2 Å². The number of aromatic nitrogens is 4. The van der Waals surface area contributed by atoms with E-state index in [0.717, 1.165) is 29.6 Å². The van der Waals surface area contributed by atoms with Gasteiger partial charge < -0.3 is 20.1 Å². The predicted molar refractivity (Wildman–Crippen MR) is 165 cm³/mol. The average Bonchev–Trinajstić information content (AvgIpc) is 3.70. The highest BCUT2D eigenvalue weighted by Gasteiger charge is 2.29. The van der Waals surface area contributed by atoms with Crippen LogP contribution in [0.15, 0.2) is 91.3 Å². The average molecular weight is 574 g/mol. The summed E-state index contributed by atoms with van der Waals surface area (Å²) in [7, 11) is 1.70. The lowest BCUT2D eigenvalue weighted by atomic mass is 9.91. The lowest BCUT2D eigenvalue weighted by Gasteiger charge is -2.20. The highest BCUT2D eigenvalue weighted by atomic mass is 16.5. The second-order valence-electron chi connectivity index (χ2n) is 10.7. The van der Waals surface area contributed by atoms with Crippen LogP contribution >= 0.6 is 0 Å². The number of rotatable bonds is 12. The topological polar surface area (TPSA) is 110 Å². The molecule has 2 atom stereocenters. The molecule has 1 aliphatic rings. The number of nitriles is 1. The van der Waals surface area contributed by atoms with Gasteiger partial charge in [0, 0.05) is 26.1 Å². The standard InChI is InChI=1S/C34H35N7O2/c1-42-22-28-16-17-31(43-28)41-23-38-32-33(37-20-29(26-8-4-2-5-9-26)27-10-6-3-7-11-27)39-30(40-34(32)41)21-36-19-25-14-12-24(18-35)13-15-25/h2-15,23,28-29,31,36H,16-17,19-22H2,1H3,(H,37,39,40). The first-order valence-electron chi connectivity index (χ1n) is 14.6. The summed E-state index contributed by atoms with van der Waals surface area (Å²) in [5.41, 5.74) is 5.64. The molecule has 2 aromatic heterocycles. The van der Waals surface area contributed by atoms with E-state index >= 15 is 0 Å². The smallest absolute Gasteiger partial charge is 0.167 e. The fourth-order valence-electron chi connectivity index (χ4n) is 5.59. The number of ether oxygens (including phenoxy) is 2. The van der Waals surface area contributed by atoms with E-state index in [0.29, 0.717) is 43.4 Å². The summed E-state index contributed by atoms with van der Waals surface area (Å²) in [6.07, 6.45) is 3.49. The van der Waals surface area contributed by atoms with Gasteiger partial charge in [0.2, 0.25) is 0 Å². The molecular weight excluding hydrogens is 538 g/mol. The minimum absolute atomic E-state index is 0.0537. The maximum Gasteiger partial charge on any atom is 0.167 e. The number of nitrogens with zero attached hydrogens (tertiary/aromatic N) is 5. The van der Waals surface area contributed by atoms with Crippen LogP contribution in [0, 0.1) is 11.3 Å². The predicted octanol–water partition coefficient (Wildman–Crippen LogP) is 5.56. The number of nitrogens with one attached hydrogen (secondary N) is 2. The first-order chi connectivity index (χ1) is 21.2. The molecule has 0 saturated carbocycles. The highest BCUT2D eigenvalue weighted by molar-refractivity contribution is 5.83. The Labute approximate surface area is 251 Å². The zero-order valence-corrected chi connectivity index (χ0v) is 24.2. The molecule has 1 saturated heterocycles. The molecule has 0 amide bonds. The number of hydrogen-bond donors (Lipinski definition) is 2. The van der Waals surface area contributed by atoms with Gasteiger partial charge in [-0.25, -0.2) is 15.0 Å². The molecule has 9 heteroatoms. The molecule has 2 unspecified atom stereocenters. The molecule has 0 radical (unpaired) electrons. The molecule has 5 aromatic rings. The Morgan fingerprint density at radius 1 is 0.953 bits per heavy atom. The van der Waals surface area contributed by atoms with Crippen molar-refractivity contribution < 1.29 is 9.47 Å². The number of hydrogen-bond acceptors (Lipinski definition) is 8. The van der Waals surface area contributed by atoms with Gasteiger partial charge in [0.25, 0.3) is 0 Å². The van der Waals surface area contributed by atoms with E-state index in [1.807, 2.05) is 47.3 Å². The third kappa shape index (κ3) is 6.73. The van der Waals surface area contributed by atoms with Gasteiger partial charge in [-0.3, -0.25) is 4.57 Å². The van der Waals surface area contributed by atoms with Crippen molar-refractivity contribution in [3.63, 3.8) is 0 Å². The lowest BCUT2D eigenvalue weighted by molar-refractivity contribution is -0.0300. The molecule has 2 N–H and O–H groups in total. The largest absolute Gasteiger partial charge is 0.382 e. The maximum absolute atomic E-state index is 9.09. The quantitative estimate of drug-likeness (QED) is 0.200. The minimum atomic E-state index is -0.159. The Bertz CT molecular complexity index is 1630. The van der Waals surface area contributed by atoms with Crippen LogP contribution in [0.2, 0.25) is 0 Å². The molecule has 3 aromatic carbocycles. The molecule has 1 fully saturated rings. The molecule has 0 aliphatic carbocycles. The van der Waals surface area contributed by atoms with E-state index in [4.69, 9.17) is 29.7 Å². The van der Waals surface area contributed by atoms with E-state index in [1.165, 1.54) is 11.1 Å². The first kappa shape index (κ1) is 28.5. The Morgan fingerprint density at radius 2 is 1.67 bits per heavy atom. The maximum atomic E-state index is 9.09. The first-order valence-corrected chi connectivity index (χ1v) is 14.6. The minimum Gasteiger partial charge on any atom is -0.382 e. The zero-order valence-electron chi connectivity index (χ0n) is 24.2. The van der Waals surface area contributed by atoms with Crippen molar-refractivity contribution in [1.29, 1.82) is 5.26 Å². The van der Waals surface area contributed by atoms with Crippen molar-refractivity contribution in [2.45, 2.75) is 44.2 Å². The fraction of sp³-hybridized carbons (Fsp3) is 0.294. The molecule has 0 bridgehead atoms. The van der Waals surface area contributed by atoms with Gasteiger partial charge in [0.05, 0.1) is 37.2 Å². The third-order valence-corrected chi connectivity index (χ3v) is 7.79. The molecule has 9 nitrogen and oxygen atoms in total.